The van der Waals surface area contributed by atoms with Gasteiger partial charge >= 0.3 is 12.1 Å². The number of carbonyl (C=O) groups is 3. The van der Waals surface area contributed by atoms with Crippen molar-refractivity contribution in [1.29, 1.82) is 0 Å². The third-order valence-electron chi connectivity index (χ3n) is 5.26. The Bertz CT molecular complexity index is 800. The summed E-state index contributed by atoms with van der Waals surface area (Å²) in [6, 6.07) is 5.68. The molecule has 1 aliphatic heterocycles. The van der Waals surface area contributed by atoms with Crippen LogP contribution in [-0.4, -0.2) is 54.2 Å². The van der Waals surface area contributed by atoms with Crippen LogP contribution in [0.3, 0.4) is 0 Å². The van der Waals surface area contributed by atoms with E-state index in [1.165, 1.54) is 0 Å². The van der Waals surface area contributed by atoms with Crippen molar-refractivity contribution in [2.24, 2.45) is 11.8 Å². The van der Waals surface area contributed by atoms with E-state index in [-0.39, 0.29) is 23.8 Å². The molecule has 0 unspecified atom stereocenters. The maximum Gasteiger partial charge on any atom is 0.410 e. The zero-order valence-corrected chi connectivity index (χ0v) is 21.0. The number of anilines is 1. The van der Waals surface area contributed by atoms with Crippen LogP contribution in [0.5, 0.6) is 0 Å². The number of amides is 4. The summed E-state index contributed by atoms with van der Waals surface area (Å²) in [6.45, 7) is 11.3. The Morgan fingerprint density at radius 2 is 1.73 bits per heavy atom. The number of piperidine rings is 1. The van der Waals surface area contributed by atoms with Crippen LogP contribution in [0.1, 0.15) is 53.9 Å². The van der Waals surface area contributed by atoms with Gasteiger partial charge in [0.1, 0.15) is 11.6 Å². The molecule has 0 saturated carbocycles. The van der Waals surface area contributed by atoms with E-state index in [9.17, 15) is 14.4 Å². The molecule has 0 bridgehead atoms. The summed E-state index contributed by atoms with van der Waals surface area (Å²) in [5.41, 5.74) is 0.0811. The molecule has 8 nitrogen and oxygen atoms in total. The molecule has 0 aliphatic carbocycles. The van der Waals surface area contributed by atoms with E-state index in [0.29, 0.717) is 36.8 Å². The van der Waals surface area contributed by atoms with Crippen LogP contribution in [-0.2, 0) is 9.53 Å². The van der Waals surface area contributed by atoms with Crippen LogP contribution in [0.15, 0.2) is 24.3 Å². The lowest BCUT2D eigenvalue weighted by Crippen LogP contribution is -2.50. The first-order chi connectivity index (χ1) is 15.4. The predicted octanol–water partition coefficient (Wildman–Crippen LogP) is 4.64. The molecule has 2 rings (SSSR count). The second-order valence-corrected chi connectivity index (χ2v) is 10.4. The Morgan fingerprint density at radius 3 is 2.27 bits per heavy atom. The van der Waals surface area contributed by atoms with Crippen molar-refractivity contribution < 1.29 is 19.1 Å². The van der Waals surface area contributed by atoms with E-state index in [1.807, 2.05) is 34.6 Å². The fraction of sp³-hybridized carbons (Fsp3) is 0.625. The molecule has 0 spiro atoms. The Labute approximate surface area is 201 Å². The van der Waals surface area contributed by atoms with Gasteiger partial charge in [-0.3, -0.25) is 4.79 Å². The largest absolute Gasteiger partial charge is 0.444 e. The van der Waals surface area contributed by atoms with Crippen molar-refractivity contribution in [3.63, 3.8) is 0 Å². The van der Waals surface area contributed by atoms with Crippen molar-refractivity contribution in [3.8, 4) is 0 Å². The highest BCUT2D eigenvalue weighted by Gasteiger charge is 2.28. The molecule has 1 heterocycles. The molecular formula is C24H37ClN4O4. The first-order valence-corrected chi connectivity index (χ1v) is 11.9. The summed E-state index contributed by atoms with van der Waals surface area (Å²) in [6.07, 6.45) is 1.81. The zero-order chi connectivity index (χ0) is 24.6. The van der Waals surface area contributed by atoms with Crippen molar-refractivity contribution in [3.05, 3.63) is 29.3 Å². The van der Waals surface area contributed by atoms with Gasteiger partial charge in [0.05, 0.1) is 0 Å². The van der Waals surface area contributed by atoms with Gasteiger partial charge in [-0.15, -0.1) is 0 Å². The van der Waals surface area contributed by atoms with Crippen LogP contribution in [0.25, 0.3) is 0 Å². The second kappa shape index (κ2) is 12.1. The third-order valence-corrected chi connectivity index (χ3v) is 5.51. The number of benzene rings is 1. The van der Waals surface area contributed by atoms with Gasteiger partial charge in [-0.25, -0.2) is 9.59 Å². The quantitative estimate of drug-likeness (QED) is 0.529. The molecule has 0 radical (unpaired) electrons. The maximum atomic E-state index is 12.8. The van der Waals surface area contributed by atoms with Gasteiger partial charge in [0.15, 0.2) is 0 Å². The van der Waals surface area contributed by atoms with Crippen LogP contribution in [0.2, 0.25) is 5.02 Å². The summed E-state index contributed by atoms with van der Waals surface area (Å²) in [4.78, 5) is 39.2. The summed E-state index contributed by atoms with van der Waals surface area (Å²) >= 11 is 5.87. The van der Waals surface area contributed by atoms with Crippen LogP contribution in [0, 0.1) is 11.8 Å². The molecule has 1 atom stereocenters. The zero-order valence-electron chi connectivity index (χ0n) is 20.2. The Kier molecular flexibility index (Phi) is 9.83. The minimum Gasteiger partial charge on any atom is -0.444 e. The van der Waals surface area contributed by atoms with E-state index < -0.39 is 17.7 Å². The molecule has 1 fully saturated rings. The molecule has 1 saturated heterocycles. The molecule has 3 N–H and O–H groups in total. The number of hydrogen-bond acceptors (Lipinski definition) is 4. The Hall–Kier alpha value is -2.48. The number of rotatable bonds is 7. The highest BCUT2D eigenvalue weighted by Crippen LogP contribution is 2.19. The highest BCUT2D eigenvalue weighted by atomic mass is 35.5. The number of halogens is 1. The second-order valence-electron chi connectivity index (χ2n) is 9.94. The average Bonchev–Trinajstić information content (AvgIpc) is 2.72. The van der Waals surface area contributed by atoms with Crippen molar-refractivity contribution in [2.45, 2.75) is 65.5 Å². The molecule has 9 heteroatoms. The molecule has 1 aromatic rings. The number of nitrogens with zero attached hydrogens (tertiary/aromatic N) is 1. The van der Waals surface area contributed by atoms with Gasteiger partial charge < -0.3 is 25.6 Å². The van der Waals surface area contributed by atoms with Gasteiger partial charge in [-0.05, 0) is 76.1 Å². The average molecular weight is 481 g/mol. The Balaban J connectivity index is 1.81. The van der Waals surface area contributed by atoms with Gasteiger partial charge in [-0.2, -0.15) is 0 Å². The van der Waals surface area contributed by atoms with Crippen molar-refractivity contribution >= 4 is 35.3 Å². The van der Waals surface area contributed by atoms with Gasteiger partial charge in [0, 0.05) is 30.3 Å². The van der Waals surface area contributed by atoms with Gasteiger partial charge in [0.25, 0.3) is 0 Å². The van der Waals surface area contributed by atoms with Crippen LogP contribution < -0.4 is 16.0 Å². The van der Waals surface area contributed by atoms with E-state index in [2.05, 4.69) is 16.0 Å². The van der Waals surface area contributed by atoms with E-state index in [4.69, 9.17) is 16.3 Å². The predicted molar refractivity (Wildman–Crippen MR) is 130 cm³/mol. The first kappa shape index (κ1) is 26.8. The highest BCUT2D eigenvalue weighted by molar-refractivity contribution is 6.30. The molecule has 4 amide bonds. The smallest absolute Gasteiger partial charge is 0.410 e. The normalized spacial score (nSPS) is 15.7. The fourth-order valence-corrected chi connectivity index (χ4v) is 3.70. The van der Waals surface area contributed by atoms with Crippen molar-refractivity contribution in [1.82, 2.24) is 15.5 Å². The molecule has 0 aromatic heterocycles. The minimum absolute atomic E-state index is 0.204. The fourth-order valence-electron chi connectivity index (χ4n) is 3.58. The number of likely N-dealkylation sites (tertiary alicyclic amines) is 1. The lowest BCUT2D eigenvalue weighted by Gasteiger charge is -2.33. The Morgan fingerprint density at radius 1 is 1.12 bits per heavy atom. The number of nitrogens with one attached hydrogen (secondary N) is 3. The van der Waals surface area contributed by atoms with Crippen molar-refractivity contribution in [2.75, 3.05) is 25.0 Å². The van der Waals surface area contributed by atoms with Gasteiger partial charge in [0.2, 0.25) is 5.91 Å². The summed E-state index contributed by atoms with van der Waals surface area (Å²) in [5, 5.41) is 9.07. The van der Waals surface area contributed by atoms with Crippen LogP contribution in [0.4, 0.5) is 15.3 Å². The molecule has 1 aromatic carbocycles. The monoisotopic (exact) mass is 480 g/mol. The van der Waals surface area contributed by atoms with E-state index >= 15 is 0 Å². The SMILES string of the molecule is CC(C)C[C@H](NC(=O)Nc1ccc(Cl)cc1)C(=O)NCC1CCN(C(=O)OC(C)(C)C)CC1. The number of urea groups is 1. The van der Waals surface area contributed by atoms with E-state index in [0.717, 1.165) is 12.8 Å². The van der Waals surface area contributed by atoms with E-state index in [1.54, 1.807) is 29.2 Å². The minimum atomic E-state index is -0.640. The number of ether oxygens (including phenoxy) is 1. The lowest BCUT2D eigenvalue weighted by molar-refractivity contribution is -0.123. The van der Waals surface area contributed by atoms with Crippen LogP contribution >= 0.6 is 11.6 Å². The van der Waals surface area contributed by atoms with Gasteiger partial charge in [-0.1, -0.05) is 25.4 Å². The first-order valence-electron chi connectivity index (χ1n) is 11.5. The topological polar surface area (TPSA) is 99.8 Å². The standard InChI is InChI=1S/C24H37ClN4O4/c1-16(2)14-20(28-22(31)27-19-8-6-18(25)7-9-19)21(30)26-15-17-10-12-29(13-11-17)23(32)33-24(3,4)5/h6-9,16-17,20H,10-15H2,1-5H3,(H,26,30)(H2,27,28,31)/t20-/m0/s1. The summed E-state index contributed by atoms with van der Waals surface area (Å²) in [7, 11) is 0. The summed E-state index contributed by atoms with van der Waals surface area (Å²) in [5.74, 6) is 0.299. The number of carbonyl (C=O) groups excluding carboxylic acids is 3. The molecule has 33 heavy (non-hydrogen) atoms. The number of hydrogen-bond donors (Lipinski definition) is 3. The maximum absolute atomic E-state index is 12.8. The lowest BCUT2D eigenvalue weighted by atomic mass is 9.96. The molecule has 1 aliphatic rings. The third kappa shape index (κ3) is 9.90. The molecule has 184 valence electrons. The molecular weight excluding hydrogens is 444 g/mol. The summed E-state index contributed by atoms with van der Waals surface area (Å²) < 4.78 is 5.43.